The lowest BCUT2D eigenvalue weighted by atomic mass is 10.1. The molecule has 0 saturated carbocycles. The average molecular weight is 367 g/mol. The number of aryl methyl sites for hydroxylation is 1. The molecule has 8 heteroatoms. The molecule has 1 aliphatic rings. The molecular formula is C19H21N5O3. The fourth-order valence-corrected chi connectivity index (χ4v) is 3.08. The lowest BCUT2D eigenvalue weighted by Crippen LogP contribution is -2.37. The van der Waals surface area contributed by atoms with E-state index in [1.54, 1.807) is 0 Å². The summed E-state index contributed by atoms with van der Waals surface area (Å²) < 4.78 is 10.6. The molecule has 140 valence electrons. The zero-order valence-corrected chi connectivity index (χ0v) is 15.1. The van der Waals surface area contributed by atoms with Crippen LogP contribution in [-0.2, 0) is 22.5 Å². The third-order valence-corrected chi connectivity index (χ3v) is 4.44. The van der Waals surface area contributed by atoms with E-state index in [2.05, 4.69) is 25.3 Å². The first kappa shape index (κ1) is 17.4. The van der Waals surface area contributed by atoms with E-state index < -0.39 is 0 Å². The van der Waals surface area contributed by atoms with Gasteiger partial charge in [0.1, 0.15) is 5.69 Å². The van der Waals surface area contributed by atoms with Gasteiger partial charge in [-0.3, -0.25) is 4.79 Å². The van der Waals surface area contributed by atoms with Gasteiger partial charge in [0.25, 0.3) is 0 Å². The number of benzene rings is 1. The van der Waals surface area contributed by atoms with Gasteiger partial charge in [-0.25, -0.2) is 9.97 Å². The van der Waals surface area contributed by atoms with E-state index in [1.807, 2.05) is 37.3 Å². The summed E-state index contributed by atoms with van der Waals surface area (Å²) >= 11 is 0. The Morgan fingerprint density at radius 3 is 2.89 bits per heavy atom. The minimum Gasteiger partial charge on any atom is -0.378 e. The number of carbonyl (C=O) groups excluding carboxylic acids is 1. The summed E-state index contributed by atoms with van der Waals surface area (Å²) in [5, 5.41) is 7.77. The Balaban J connectivity index is 1.40. The Bertz CT molecular complexity index is 949. The molecule has 1 saturated heterocycles. The molecule has 1 N–H and O–H groups in total. The number of morpholine rings is 1. The molecule has 4 rings (SSSR count). The molecule has 2 aromatic heterocycles. The van der Waals surface area contributed by atoms with Crippen LogP contribution >= 0.6 is 0 Å². The SMILES string of the molecule is Cc1cc(CNC(=O)Cc2noc3ccccc23)nc(N2CCOCC2)n1. The lowest BCUT2D eigenvalue weighted by molar-refractivity contribution is -0.120. The molecule has 27 heavy (non-hydrogen) atoms. The number of para-hydroxylation sites is 1. The van der Waals surface area contributed by atoms with Crippen LogP contribution in [0.3, 0.4) is 0 Å². The van der Waals surface area contributed by atoms with Crippen molar-refractivity contribution in [2.75, 3.05) is 31.2 Å². The summed E-state index contributed by atoms with van der Waals surface area (Å²) in [6, 6.07) is 9.39. The fraction of sp³-hybridized carbons (Fsp3) is 0.368. The van der Waals surface area contributed by atoms with E-state index in [1.165, 1.54) is 0 Å². The molecule has 0 unspecified atom stereocenters. The fourth-order valence-electron chi connectivity index (χ4n) is 3.08. The van der Waals surface area contributed by atoms with Crippen molar-refractivity contribution in [2.24, 2.45) is 0 Å². The van der Waals surface area contributed by atoms with E-state index in [0.29, 0.717) is 37.0 Å². The number of aromatic nitrogens is 3. The number of hydrogen-bond acceptors (Lipinski definition) is 7. The third kappa shape index (κ3) is 4.06. The van der Waals surface area contributed by atoms with Crippen molar-refractivity contribution in [3.05, 3.63) is 47.4 Å². The van der Waals surface area contributed by atoms with Crippen LogP contribution in [0.1, 0.15) is 17.1 Å². The van der Waals surface area contributed by atoms with Gasteiger partial charge in [-0.15, -0.1) is 0 Å². The van der Waals surface area contributed by atoms with Crippen molar-refractivity contribution in [2.45, 2.75) is 19.9 Å². The number of hydrogen-bond donors (Lipinski definition) is 1. The Hall–Kier alpha value is -3.00. The Morgan fingerprint density at radius 1 is 1.22 bits per heavy atom. The van der Waals surface area contributed by atoms with Crippen LogP contribution in [0.5, 0.6) is 0 Å². The van der Waals surface area contributed by atoms with Crippen molar-refractivity contribution in [1.29, 1.82) is 0 Å². The molecule has 0 aliphatic carbocycles. The van der Waals surface area contributed by atoms with Crippen LogP contribution in [0, 0.1) is 6.92 Å². The maximum Gasteiger partial charge on any atom is 0.226 e. The highest BCUT2D eigenvalue weighted by Crippen LogP contribution is 2.18. The second-order valence-corrected chi connectivity index (χ2v) is 6.48. The molecule has 0 atom stereocenters. The van der Waals surface area contributed by atoms with Gasteiger partial charge in [0.15, 0.2) is 5.58 Å². The summed E-state index contributed by atoms with van der Waals surface area (Å²) in [5.41, 5.74) is 2.97. The zero-order valence-electron chi connectivity index (χ0n) is 15.1. The molecule has 0 radical (unpaired) electrons. The minimum absolute atomic E-state index is 0.127. The maximum absolute atomic E-state index is 12.3. The van der Waals surface area contributed by atoms with Gasteiger partial charge in [-0.1, -0.05) is 17.3 Å². The Labute approximate surface area is 156 Å². The van der Waals surface area contributed by atoms with Gasteiger partial charge < -0.3 is 19.5 Å². The molecule has 1 amide bonds. The third-order valence-electron chi connectivity index (χ3n) is 4.44. The number of nitrogens with zero attached hydrogens (tertiary/aromatic N) is 4. The monoisotopic (exact) mass is 367 g/mol. The number of nitrogens with one attached hydrogen (secondary N) is 1. The molecule has 0 spiro atoms. The van der Waals surface area contributed by atoms with Crippen LogP contribution < -0.4 is 10.2 Å². The van der Waals surface area contributed by atoms with E-state index in [0.717, 1.165) is 29.9 Å². The zero-order chi connectivity index (χ0) is 18.6. The molecule has 3 heterocycles. The van der Waals surface area contributed by atoms with Gasteiger partial charge in [-0.2, -0.15) is 0 Å². The Kier molecular flexibility index (Phi) is 4.97. The van der Waals surface area contributed by atoms with E-state index in [4.69, 9.17) is 9.26 Å². The van der Waals surface area contributed by atoms with Crippen molar-refractivity contribution >= 4 is 22.8 Å². The minimum atomic E-state index is -0.127. The van der Waals surface area contributed by atoms with Crippen molar-refractivity contribution in [3.63, 3.8) is 0 Å². The second-order valence-electron chi connectivity index (χ2n) is 6.48. The number of fused-ring (bicyclic) bond motifs is 1. The average Bonchev–Trinajstić information content (AvgIpc) is 3.10. The second kappa shape index (κ2) is 7.71. The summed E-state index contributed by atoms with van der Waals surface area (Å²) in [6.45, 7) is 5.17. The normalized spacial score (nSPS) is 14.5. The predicted octanol–water partition coefficient (Wildman–Crippen LogP) is 1.62. The van der Waals surface area contributed by atoms with Crippen molar-refractivity contribution in [1.82, 2.24) is 20.4 Å². The van der Waals surface area contributed by atoms with Gasteiger partial charge in [-0.05, 0) is 25.1 Å². The smallest absolute Gasteiger partial charge is 0.226 e. The molecule has 0 bridgehead atoms. The summed E-state index contributed by atoms with van der Waals surface area (Å²) in [6.07, 6.45) is 0.164. The van der Waals surface area contributed by atoms with Gasteiger partial charge in [0.2, 0.25) is 11.9 Å². The molecule has 8 nitrogen and oxygen atoms in total. The number of anilines is 1. The number of rotatable bonds is 5. The van der Waals surface area contributed by atoms with Crippen LogP contribution in [-0.4, -0.2) is 47.3 Å². The molecule has 1 fully saturated rings. The van der Waals surface area contributed by atoms with Gasteiger partial charge >= 0.3 is 0 Å². The van der Waals surface area contributed by atoms with E-state index in [9.17, 15) is 4.79 Å². The summed E-state index contributed by atoms with van der Waals surface area (Å²) in [5.74, 6) is 0.559. The predicted molar refractivity (Wildman–Crippen MR) is 99.4 cm³/mol. The van der Waals surface area contributed by atoms with Crippen LogP contribution in [0.4, 0.5) is 5.95 Å². The van der Waals surface area contributed by atoms with Crippen LogP contribution in [0.25, 0.3) is 11.0 Å². The number of carbonyl (C=O) groups is 1. The standard InChI is InChI=1S/C19H21N5O3/c1-13-10-14(22-19(21-13)24-6-8-26-9-7-24)12-20-18(25)11-16-15-4-2-3-5-17(15)27-23-16/h2-5,10H,6-9,11-12H2,1H3,(H,20,25). The highest BCUT2D eigenvalue weighted by atomic mass is 16.5. The number of amides is 1. The first-order valence-corrected chi connectivity index (χ1v) is 8.96. The summed E-state index contributed by atoms with van der Waals surface area (Å²) in [4.78, 5) is 23.5. The van der Waals surface area contributed by atoms with Crippen LogP contribution in [0.15, 0.2) is 34.9 Å². The molecule has 1 aliphatic heterocycles. The largest absolute Gasteiger partial charge is 0.378 e. The first-order chi connectivity index (χ1) is 13.2. The maximum atomic E-state index is 12.3. The van der Waals surface area contributed by atoms with E-state index >= 15 is 0 Å². The molecule has 1 aromatic carbocycles. The van der Waals surface area contributed by atoms with Crippen molar-refractivity contribution in [3.8, 4) is 0 Å². The highest BCUT2D eigenvalue weighted by molar-refractivity contribution is 5.86. The van der Waals surface area contributed by atoms with Gasteiger partial charge in [0.05, 0.1) is 31.9 Å². The highest BCUT2D eigenvalue weighted by Gasteiger charge is 2.16. The first-order valence-electron chi connectivity index (χ1n) is 8.96. The molecular weight excluding hydrogens is 346 g/mol. The van der Waals surface area contributed by atoms with Crippen molar-refractivity contribution < 1.29 is 14.1 Å². The quantitative estimate of drug-likeness (QED) is 0.732. The lowest BCUT2D eigenvalue weighted by Gasteiger charge is -2.27. The van der Waals surface area contributed by atoms with Crippen LogP contribution in [0.2, 0.25) is 0 Å². The Morgan fingerprint density at radius 2 is 2.04 bits per heavy atom. The number of ether oxygens (including phenoxy) is 1. The van der Waals surface area contributed by atoms with Gasteiger partial charge in [0, 0.05) is 24.2 Å². The van der Waals surface area contributed by atoms with E-state index in [-0.39, 0.29) is 12.3 Å². The summed E-state index contributed by atoms with van der Waals surface area (Å²) in [7, 11) is 0. The molecule has 3 aromatic rings. The topological polar surface area (TPSA) is 93.4 Å².